The molecule has 90 valence electrons. The van der Waals surface area contributed by atoms with Crippen LogP contribution in [0, 0.1) is 0 Å². The molecule has 1 unspecified atom stereocenters. The van der Waals surface area contributed by atoms with Crippen molar-refractivity contribution in [1.82, 2.24) is 0 Å². The minimum atomic E-state index is -0.972. The Morgan fingerprint density at radius 3 is 2.50 bits per heavy atom. The van der Waals surface area contributed by atoms with E-state index in [1.165, 1.54) is 0 Å². The molecule has 3 heteroatoms. The lowest BCUT2D eigenvalue weighted by molar-refractivity contribution is -0.0402. The first kappa shape index (κ1) is 13.0. The summed E-state index contributed by atoms with van der Waals surface area (Å²) >= 11 is 0. The van der Waals surface area contributed by atoms with Gasteiger partial charge in [-0.1, -0.05) is 25.1 Å². The first-order valence-corrected chi connectivity index (χ1v) is 5.61. The van der Waals surface area contributed by atoms with Crippen molar-refractivity contribution in [1.29, 1.82) is 0 Å². The highest BCUT2D eigenvalue weighted by Gasteiger charge is 2.30. The van der Waals surface area contributed by atoms with Crippen LogP contribution in [0.3, 0.4) is 0 Å². The summed E-state index contributed by atoms with van der Waals surface area (Å²) < 4.78 is 10.6. The molecule has 0 saturated carbocycles. The molecule has 1 aromatic rings. The number of methoxy groups -OCH3 is 1. The molecule has 1 atom stereocenters. The van der Waals surface area contributed by atoms with Crippen molar-refractivity contribution in [3.05, 3.63) is 29.8 Å². The maximum absolute atomic E-state index is 10.5. The fourth-order valence-corrected chi connectivity index (χ4v) is 1.74. The second-order valence-electron chi connectivity index (χ2n) is 3.75. The molecule has 0 fully saturated rings. The zero-order valence-electron chi connectivity index (χ0n) is 10.2. The van der Waals surface area contributed by atoms with Gasteiger partial charge >= 0.3 is 0 Å². The minimum absolute atomic E-state index is 0.271. The van der Waals surface area contributed by atoms with Crippen molar-refractivity contribution >= 4 is 0 Å². The Kier molecular flexibility index (Phi) is 4.77. The predicted molar refractivity (Wildman–Crippen MR) is 63.7 cm³/mol. The average Bonchev–Trinajstić information content (AvgIpc) is 2.30. The molecular formula is C13H20O3. The van der Waals surface area contributed by atoms with Crippen LogP contribution in [0.4, 0.5) is 0 Å². The van der Waals surface area contributed by atoms with Gasteiger partial charge in [0.25, 0.3) is 0 Å². The van der Waals surface area contributed by atoms with Gasteiger partial charge in [0, 0.05) is 12.7 Å². The minimum Gasteiger partial charge on any atom is -0.493 e. The molecule has 0 amide bonds. The molecule has 0 aliphatic rings. The van der Waals surface area contributed by atoms with Gasteiger partial charge in [-0.3, -0.25) is 0 Å². The van der Waals surface area contributed by atoms with Crippen LogP contribution < -0.4 is 4.74 Å². The van der Waals surface area contributed by atoms with Gasteiger partial charge in [0.05, 0.1) is 13.2 Å². The van der Waals surface area contributed by atoms with Crippen LogP contribution in [0.25, 0.3) is 0 Å². The van der Waals surface area contributed by atoms with E-state index < -0.39 is 5.60 Å². The number of rotatable bonds is 6. The molecule has 0 spiro atoms. The third-order valence-corrected chi connectivity index (χ3v) is 2.66. The van der Waals surface area contributed by atoms with Gasteiger partial charge in [-0.15, -0.1) is 0 Å². The lowest BCUT2D eigenvalue weighted by Crippen LogP contribution is -2.31. The number of para-hydroxylation sites is 1. The van der Waals surface area contributed by atoms with Gasteiger partial charge in [-0.2, -0.15) is 0 Å². The third kappa shape index (κ3) is 2.74. The van der Waals surface area contributed by atoms with Crippen molar-refractivity contribution in [2.75, 3.05) is 20.3 Å². The van der Waals surface area contributed by atoms with E-state index >= 15 is 0 Å². The van der Waals surface area contributed by atoms with Gasteiger partial charge in [0.2, 0.25) is 0 Å². The molecule has 3 nitrogen and oxygen atoms in total. The fraction of sp³-hybridized carbons (Fsp3) is 0.538. The van der Waals surface area contributed by atoms with Crippen LogP contribution >= 0.6 is 0 Å². The second kappa shape index (κ2) is 5.87. The second-order valence-corrected chi connectivity index (χ2v) is 3.75. The Hall–Kier alpha value is -1.06. The Morgan fingerprint density at radius 2 is 1.94 bits per heavy atom. The van der Waals surface area contributed by atoms with E-state index in [2.05, 4.69) is 0 Å². The summed E-state index contributed by atoms with van der Waals surface area (Å²) in [7, 11) is 1.59. The van der Waals surface area contributed by atoms with E-state index in [0.717, 1.165) is 11.3 Å². The lowest BCUT2D eigenvalue weighted by atomic mass is 9.91. The van der Waals surface area contributed by atoms with Gasteiger partial charge in [0.15, 0.2) is 0 Å². The zero-order valence-corrected chi connectivity index (χ0v) is 10.2. The maximum Gasteiger partial charge on any atom is 0.125 e. The Morgan fingerprint density at radius 1 is 1.25 bits per heavy atom. The van der Waals surface area contributed by atoms with E-state index in [-0.39, 0.29) is 6.61 Å². The van der Waals surface area contributed by atoms with Crippen molar-refractivity contribution in [3.8, 4) is 5.75 Å². The van der Waals surface area contributed by atoms with Crippen LogP contribution in [-0.4, -0.2) is 25.4 Å². The van der Waals surface area contributed by atoms with Crippen molar-refractivity contribution in [2.45, 2.75) is 25.9 Å². The monoisotopic (exact) mass is 224 g/mol. The van der Waals surface area contributed by atoms with E-state index in [4.69, 9.17) is 9.47 Å². The molecule has 1 rings (SSSR count). The number of benzene rings is 1. The molecule has 0 aliphatic carbocycles. The summed E-state index contributed by atoms with van der Waals surface area (Å²) in [6, 6.07) is 7.55. The summed E-state index contributed by atoms with van der Waals surface area (Å²) in [6.45, 7) is 4.72. The molecule has 1 aromatic carbocycles. The first-order chi connectivity index (χ1) is 7.68. The average molecular weight is 224 g/mol. The molecule has 1 N–H and O–H groups in total. The molecule has 0 aliphatic heterocycles. The highest BCUT2D eigenvalue weighted by atomic mass is 16.5. The maximum atomic E-state index is 10.5. The summed E-state index contributed by atoms with van der Waals surface area (Å²) in [5.74, 6) is 0.728. The first-order valence-electron chi connectivity index (χ1n) is 5.61. The zero-order chi connectivity index (χ0) is 12.0. The fourth-order valence-electron chi connectivity index (χ4n) is 1.74. The van der Waals surface area contributed by atoms with Gasteiger partial charge in [-0.05, 0) is 19.4 Å². The standard InChI is InChI=1S/C13H20O3/c1-4-13(14,10-15-3)11-8-6-7-9-12(11)16-5-2/h6-9,14H,4-5,10H2,1-3H3. The van der Waals surface area contributed by atoms with Gasteiger partial charge < -0.3 is 14.6 Å². The van der Waals surface area contributed by atoms with Crippen molar-refractivity contribution < 1.29 is 14.6 Å². The highest BCUT2D eigenvalue weighted by Crippen LogP contribution is 2.32. The number of ether oxygens (including phenoxy) is 2. The predicted octanol–water partition coefficient (Wildman–Crippen LogP) is 2.33. The Labute approximate surface area is 97.0 Å². The van der Waals surface area contributed by atoms with E-state index in [1.54, 1.807) is 7.11 Å². The summed E-state index contributed by atoms with van der Waals surface area (Å²) in [6.07, 6.45) is 0.588. The Bertz CT molecular complexity index is 325. The highest BCUT2D eigenvalue weighted by molar-refractivity contribution is 5.38. The summed E-state index contributed by atoms with van der Waals surface area (Å²) in [5.41, 5.74) is -0.179. The van der Waals surface area contributed by atoms with Crippen LogP contribution in [0.5, 0.6) is 5.75 Å². The molecule has 0 radical (unpaired) electrons. The van der Waals surface area contributed by atoms with Crippen LogP contribution in [0.15, 0.2) is 24.3 Å². The summed E-state index contributed by atoms with van der Waals surface area (Å²) in [4.78, 5) is 0. The SMILES string of the molecule is CCOc1ccccc1C(O)(CC)COC. The third-order valence-electron chi connectivity index (χ3n) is 2.66. The molecule has 0 aromatic heterocycles. The van der Waals surface area contributed by atoms with Crippen LogP contribution in [0.2, 0.25) is 0 Å². The van der Waals surface area contributed by atoms with E-state index in [9.17, 15) is 5.11 Å². The molecular weight excluding hydrogens is 204 g/mol. The number of aliphatic hydroxyl groups is 1. The van der Waals surface area contributed by atoms with E-state index in [0.29, 0.717) is 13.0 Å². The number of hydrogen-bond donors (Lipinski definition) is 1. The topological polar surface area (TPSA) is 38.7 Å². The summed E-state index contributed by atoms with van der Waals surface area (Å²) in [5, 5.41) is 10.5. The normalized spacial score (nSPS) is 14.5. The Balaban J connectivity index is 3.08. The van der Waals surface area contributed by atoms with Crippen LogP contribution in [-0.2, 0) is 10.3 Å². The van der Waals surface area contributed by atoms with Crippen molar-refractivity contribution in [2.24, 2.45) is 0 Å². The molecule has 0 saturated heterocycles. The molecule has 0 bridgehead atoms. The largest absolute Gasteiger partial charge is 0.493 e. The quantitative estimate of drug-likeness (QED) is 0.806. The van der Waals surface area contributed by atoms with Gasteiger partial charge in [-0.25, -0.2) is 0 Å². The van der Waals surface area contributed by atoms with Crippen LogP contribution in [0.1, 0.15) is 25.8 Å². The van der Waals surface area contributed by atoms with E-state index in [1.807, 2.05) is 38.1 Å². The molecule has 16 heavy (non-hydrogen) atoms. The lowest BCUT2D eigenvalue weighted by Gasteiger charge is -2.28. The van der Waals surface area contributed by atoms with Crippen molar-refractivity contribution in [3.63, 3.8) is 0 Å². The number of hydrogen-bond acceptors (Lipinski definition) is 3. The molecule has 0 heterocycles. The smallest absolute Gasteiger partial charge is 0.125 e. The van der Waals surface area contributed by atoms with Gasteiger partial charge in [0.1, 0.15) is 11.4 Å².